The van der Waals surface area contributed by atoms with Gasteiger partial charge in [0.2, 0.25) is 0 Å². The third-order valence-electron chi connectivity index (χ3n) is 2.99. The average Bonchev–Trinajstić information content (AvgIpc) is 2.33. The van der Waals surface area contributed by atoms with Crippen LogP contribution >= 0.6 is 0 Å². The molecule has 0 saturated heterocycles. The van der Waals surface area contributed by atoms with Gasteiger partial charge in [0.1, 0.15) is 12.2 Å². The molecule has 5 atom stereocenters. The molecule has 2 unspecified atom stereocenters. The Labute approximate surface area is 110 Å². The number of hydrogen-bond donors (Lipinski definition) is 3. The standard InChI is InChI=1S/C14H28O4/c1-6-7-10(4)12(15)14(17)13(16)11(5)18-8-9(2)3/h6,9-17H,1,7-8H2,2-5H3/t10?,11-,12+,13-,14?/m0/s1. The van der Waals surface area contributed by atoms with Crippen LogP contribution < -0.4 is 0 Å². The zero-order valence-corrected chi connectivity index (χ0v) is 11.9. The molecule has 0 fully saturated rings. The lowest BCUT2D eigenvalue weighted by molar-refractivity contribution is -0.130. The molecule has 0 aromatic rings. The van der Waals surface area contributed by atoms with Crippen LogP contribution in [0.4, 0.5) is 0 Å². The first-order chi connectivity index (χ1) is 8.31. The summed E-state index contributed by atoms with van der Waals surface area (Å²) in [6.45, 7) is 11.6. The Morgan fingerprint density at radius 3 is 2.00 bits per heavy atom. The van der Waals surface area contributed by atoms with Crippen LogP contribution in [0.1, 0.15) is 34.1 Å². The van der Waals surface area contributed by atoms with E-state index in [0.29, 0.717) is 18.9 Å². The van der Waals surface area contributed by atoms with Crippen LogP contribution in [0, 0.1) is 11.8 Å². The molecule has 0 aromatic heterocycles. The molecule has 0 aromatic carbocycles. The van der Waals surface area contributed by atoms with Crippen LogP contribution in [-0.4, -0.2) is 46.3 Å². The summed E-state index contributed by atoms with van der Waals surface area (Å²) in [6.07, 6.45) is -1.51. The molecular formula is C14H28O4. The van der Waals surface area contributed by atoms with Crippen LogP contribution in [0.15, 0.2) is 12.7 Å². The highest BCUT2D eigenvalue weighted by Crippen LogP contribution is 2.17. The van der Waals surface area contributed by atoms with E-state index in [1.54, 1.807) is 13.0 Å². The van der Waals surface area contributed by atoms with E-state index in [2.05, 4.69) is 6.58 Å². The van der Waals surface area contributed by atoms with E-state index in [4.69, 9.17) is 4.74 Å². The van der Waals surface area contributed by atoms with Crippen molar-refractivity contribution in [2.75, 3.05) is 6.61 Å². The fourth-order valence-corrected chi connectivity index (χ4v) is 1.66. The molecule has 0 heterocycles. The molecule has 0 aliphatic rings. The monoisotopic (exact) mass is 260 g/mol. The number of aliphatic hydroxyl groups is 3. The highest BCUT2D eigenvalue weighted by molar-refractivity contribution is 4.85. The van der Waals surface area contributed by atoms with Crippen LogP contribution in [0.3, 0.4) is 0 Å². The van der Waals surface area contributed by atoms with E-state index in [1.807, 2.05) is 20.8 Å². The molecule has 0 rings (SSSR count). The van der Waals surface area contributed by atoms with Gasteiger partial charge < -0.3 is 20.1 Å². The molecule has 0 spiro atoms. The molecule has 0 saturated carbocycles. The summed E-state index contributed by atoms with van der Waals surface area (Å²) in [6, 6.07) is 0. The molecule has 0 aliphatic heterocycles. The number of rotatable bonds is 9. The Kier molecular flexibility index (Phi) is 8.44. The molecule has 108 valence electrons. The fraction of sp³-hybridized carbons (Fsp3) is 0.857. The first kappa shape index (κ1) is 17.6. The molecule has 4 heteroatoms. The minimum Gasteiger partial charge on any atom is -0.390 e. The van der Waals surface area contributed by atoms with Crippen molar-refractivity contribution in [1.82, 2.24) is 0 Å². The summed E-state index contributed by atoms with van der Waals surface area (Å²) in [5, 5.41) is 29.7. The molecule has 0 radical (unpaired) electrons. The van der Waals surface area contributed by atoms with Gasteiger partial charge in [-0.15, -0.1) is 6.58 Å². The van der Waals surface area contributed by atoms with Crippen molar-refractivity contribution in [1.29, 1.82) is 0 Å². The fourth-order valence-electron chi connectivity index (χ4n) is 1.66. The van der Waals surface area contributed by atoms with Crippen LogP contribution in [0.25, 0.3) is 0 Å². The van der Waals surface area contributed by atoms with Crippen molar-refractivity contribution in [3.8, 4) is 0 Å². The summed E-state index contributed by atoms with van der Waals surface area (Å²) in [4.78, 5) is 0. The maximum atomic E-state index is 9.93. The topological polar surface area (TPSA) is 69.9 Å². The van der Waals surface area contributed by atoms with Gasteiger partial charge in [-0.2, -0.15) is 0 Å². The molecule has 0 bridgehead atoms. The number of hydrogen-bond acceptors (Lipinski definition) is 4. The van der Waals surface area contributed by atoms with Gasteiger partial charge in [-0.05, 0) is 25.2 Å². The Morgan fingerprint density at radius 1 is 1.00 bits per heavy atom. The third-order valence-corrected chi connectivity index (χ3v) is 2.99. The minimum absolute atomic E-state index is 0.149. The van der Waals surface area contributed by atoms with Gasteiger partial charge in [-0.3, -0.25) is 0 Å². The second-order valence-electron chi connectivity index (χ2n) is 5.41. The normalized spacial score (nSPS) is 20.2. The third kappa shape index (κ3) is 5.96. The SMILES string of the molecule is C=CCC(C)[C@@H](O)C(O)[C@@H](O)[C@H](C)OCC(C)C. The van der Waals surface area contributed by atoms with Gasteiger partial charge in [0.15, 0.2) is 0 Å². The lowest BCUT2D eigenvalue weighted by atomic mass is 9.92. The zero-order chi connectivity index (χ0) is 14.3. The summed E-state index contributed by atoms with van der Waals surface area (Å²) in [7, 11) is 0. The molecule has 0 amide bonds. The van der Waals surface area contributed by atoms with Crippen LogP contribution in [-0.2, 0) is 4.74 Å². The van der Waals surface area contributed by atoms with Crippen molar-refractivity contribution in [2.24, 2.45) is 11.8 Å². The zero-order valence-electron chi connectivity index (χ0n) is 11.9. The lowest BCUT2D eigenvalue weighted by Crippen LogP contribution is -2.46. The predicted octanol–water partition coefficient (Wildman–Crippen LogP) is 1.34. The Hall–Kier alpha value is -0.420. The van der Waals surface area contributed by atoms with Gasteiger partial charge >= 0.3 is 0 Å². The van der Waals surface area contributed by atoms with Gasteiger partial charge in [0.25, 0.3) is 0 Å². The Bertz CT molecular complexity index is 230. The van der Waals surface area contributed by atoms with E-state index in [9.17, 15) is 15.3 Å². The summed E-state index contributed by atoms with van der Waals surface area (Å²) in [5.41, 5.74) is 0. The summed E-state index contributed by atoms with van der Waals surface area (Å²) in [5.74, 6) is 0.214. The van der Waals surface area contributed by atoms with Crippen molar-refractivity contribution in [3.05, 3.63) is 12.7 Å². The maximum Gasteiger partial charge on any atom is 0.108 e. The number of aliphatic hydroxyl groups excluding tert-OH is 3. The van der Waals surface area contributed by atoms with Gasteiger partial charge in [-0.25, -0.2) is 0 Å². The van der Waals surface area contributed by atoms with E-state index >= 15 is 0 Å². The first-order valence-corrected chi connectivity index (χ1v) is 6.57. The van der Waals surface area contributed by atoms with Gasteiger partial charge in [0, 0.05) is 6.61 Å². The minimum atomic E-state index is -1.21. The molecular weight excluding hydrogens is 232 g/mol. The smallest absolute Gasteiger partial charge is 0.108 e. The average molecular weight is 260 g/mol. The molecule has 18 heavy (non-hydrogen) atoms. The number of allylic oxidation sites excluding steroid dienone is 1. The van der Waals surface area contributed by atoms with Gasteiger partial charge in [0.05, 0.1) is 12.2 Å². The Morgan fingerprint density at radius 2 is 1.56 bits per heavy atom. The molecule has 4 nitrogen and oxygen atoms in total. The molecule has 0 aliphatic carbocycles. The summed E-state index contributed by atoms with van der Waals surface area (Å²) >= 11 is 0. The van der Waals surface area contributed by atoms with Gasteiger partial charge in [-0.1, -0.05) is 26.8 Å². The van der Waals surface area contributed by atoms with Crippen molar-refractivity contribution < 1.29 is 20.1 Å². The largest absolute Gasteiger partial charge is 0.390 e. The first-order valence-electron chi connectivity index (χ1n) is 6.57. The molecule has 3 N–H and O–H groups in total. The quantitative estimate of drug-likeness (QED) is 0.547. The predicted molar refractivity (Wildman–Crippen MR) is 72.3 cm³/mol. The van der Waals surface area contributed by atoms with E-state index in [-0.39, 0.29) is 5.92 Å². The second-order valence-corrected chi connectivity index (χ2v) is 5.41. The summed E-state index contributed by atoms with van der Waals surface area (Å²) < 4.78 is 5.43. The maximum absolute atomic E-state index is 9.93. The van der Waals surface area contributed by atoms with Crippen molar-refractivity contribution >= 4 is 0 Å². The van der Waals surface area contributed by atoms with Crippen molar-refractivity contribution in [3.63, 3.8) is 0 Å². The van der Waals surface area contributed by atoms with E-state index in [0.717, 1.165) is 0 Å². The van der Waals surface area contributed by atoms with E-state index < -0.39 is 24.4 Å². The van der Waals surface area contributed by atoms with E-state index in [1.165, 1.54) is 0 Å². The second kappa shape index (κ2) is 8.64. The highest BCUT2D eigenvalue weighted by atomic mass is 16.5. The lowest BCUT2D eigenvalue weighted by Gasteiger charge is -2.30. The highest BCUT2D eigenvalue weighted by Gasteiger charge is 2.32. The van der Waals surface area contributed by atoms with Crippen LogP contribution in [0.2, 0.25) is 0 Å². The Balaban J connectivity index is 4.29. The van der Waals surface area contributed by atoms with Crippen molar-refractivity contribution in [2.45, 2.75) is 58.5 Å². The van der Waals surface area contributed by atoms with Crippen LogP contribution in [0.5, 0.6) is 0 Å². The number of ether oxygens (including phenoxy) is 1.